The topological polar surface area (TPSA) is 38.2 Å². The summed E-state index contributed by atoms with van der Waals surface area (Å²) in [4.78, 5) is 13.4. The van der Waals surface area contributed by atoms with Gasteiger partial charge in [0.2, 0.25) is 0 Å². The third-order valence-electron chi connectivity index (χ3n) is 3.47. The summed E-state index contributed by atoms with van der Waals surface area (Å²) in [5.74, 6) is 1.03. The molecule has 6 heteroatoms. The molecule has 4 heterocycles. The predicted octanol–water partition coefficient (Wildman–Crippen LogP) is 3.33. The van der Waals surface area contributed by atoms with Gasteiger partial charge in [-0.2, -0.15) is 0 Å². The first-order chi connectivity index (χ1) is 9.92. The molecule has 4 nitrogen and oxygen atoms in total. The van der Waals surface area contributed by atoms with E-state index in [1.54, 1.807) is 29.0 Å². The van der Waals surface area contributed by atoms with E-state index in [2.05, 4.69) is 43.8 Å². The van der Waals surface area contributed by atoms with Crippen LogP contribution < -0.4 is 4.90 Å². The summed E-state index contributed by atoms with van der Waals surface area (Å²) in [5, 5.41) is 5.31. The molecule has 20 heavy (non-hydrogen) atoms. The van der Waals surface area contributed by atoms with Gasteiger partial charge in [0.1, 0.15) is 23.1 Å². The van der Waals surface area contributed by atoms with Crippen molar-refractivity contribution in [3.63, 3.8) is 0 Å². The van der Waals surface area contributed by atoms with E-state index in [4.69, 9.17) is 4.74 Å². The lowest BCUT2D eigenvalue weighted by Crippen LogP contribution is -2.38. The molecule has 1 atom stereocenters. The molecule has 1 aliphatic heterocycles. The molecule has 0 N–H and O–H groups in total. The monoisotopic (exact) mass is 303 g/mol. The van der Waals surface area contributed by atoms with Gasteiger partial charge in [-0.15, -0.1) is 22.7 Å². The molecule has 1 saturated heterocycles. The second-order valence-electron chi connectivity index (χ2n) is 4.66. The van der Waals surface area contributed by atoms with E-state index in [-0.39, 0.29) is 6.10 Å². The summed E-state index contributed by atoms with van der Waals surface area (Å²) >= 11 is 3.41. The first-order valence-corrected chi connectivity index (χ1v) is 8.26. The summed E-state index contributed by atoms with van der Waals surface area (Å²) in [6.07, 6.45) is 1.80. The highest BCUT2D eigenvalue weighted by Gasteiger charge is 2.24. The van der Waals surface area contributed by atoms with E-state index in [9.17, 15) is 0 Å². The summed E-state index contributed by atoms with van der Waals surface area (Å²) in [6, 6.07) is 6.31. The molecule has 4 rings (SSSR count). The zero-order chi connectivity index (χ0) is 13.4. The van der Waals surface area contributed by atoms with Crippen LogP contribution in [0.5, 0.6) is 0 Å². The molecule has 3 aromatic heterocycles. The number of rotatable bonds is 2. The molecule has 1 aliphatic rings. The third kappa shape index (κ3) is 2.09. The van der Waals surface area contributed by atoms with E-state index in [0.717, 1.165) is 35.7 Å². The standard InChI is InChI=1S/C14H13N3OS2/c1-2-12(19-6-1)11-8-17(4-5-18-11)13-10-3-7-20-14(10)16-9-15-13/h1-3,6-7,9,11H,4-5,8H2. The molecular weight excluding hydrogens is 290 g/mol. The average Bonchev–Trinajstić information content (AvgIpc) is 3.18. The second kappa shape index (κ2) is 5.12. The zero-order valence-electron chi connectivity index (χ0n) is 10.7. The number of hydrogen-bond donors (Lipinski definition) is 0. The van der Waals surface area contributed by atoms with Crippen LogP contribution in [-0.2, 0) is 4.74 Å². The van der Waals surface area contributed by atoms with Gasteiger partial charge in [0.15, 0.2) is 0 Å². The normalized spacial score (nSPS) is 19.6. The van der Waals surface area contributed by atoms with Crippen LogP contribution in [0.25, 0.3) is 10.2 Å². The van der Waals surface area contributed by atoms with Crippen molar-refractivity contribution in [2.45, 2.75) is 6.10 Å². The lowest BCUT2D eigenvalue weighted by molar-refractivity contribution is 0.0419. The van der Waals surface area contributed by atoms with Crippen LogP contribution in [0.15, 0.2) is 35.3 Å². The van der Waals surface area contributed by atoms with Crippen molar-refractivity contribution < 1.29 is 4.74 Å². The van der Waals surface area contributed by atoms with Crippen molar-refractivity contribution in [3.8, 4) is 0 Å². The fraction of sp³-hybridized carbons (Fsp3) is 0.286. The number of morpholine rings is 1. The van der Waals surface area contributed by atoms with Crippen molar-refractivity contribution in [2.75, 3.05) is 24.6 Å². The SMILES string of the molecule is c1csc(C2CN(c3ncnc4sccc34)CCO2)c1. The van der Waals surface area contributed by atoms with Gasteiger partial charge in [0.05, 0.1) is 18.5 Å². The van der Waals surface area contributed by atoms with E-state index in [1.165, 1.54) is 4.88 Å². The van der Waals surface area contributed by atoms with Crippen molar-refractivity contribution in [1.82, 2.24) is 9.97 Å². The van der Waals surface area contributed by atoms with Gasteiger partial charge in [-0.1, -0.05) is 6.07 Å². The summed E-state index contributed by atoms with van der Waals surface area (Å²) < 4.78 is 5.90. The molecule has 0 saturated carbocycles. The molecule has 0 radical (unpaired) electrons. The molecule has 102 valence electrons. The molecule has 0 spiro atoms. The van der Waals surface area contributed by atoms with E-state index >= 15 is 0 Å². The second-order valence-corrected chi connectivity index (χ2v) is 6.53. The van der Waals surface area contributed by atoms with Crippen molar-refractivity contribution >= 4 is 38.7 Å². The number of ether oxygens (including phenoxy) is 1. The Balaban J connectivity index is 1.66. The van der Waals surface area contributed by atoms with E-state index < -0.39 is 0 Å². The minimum atomic E-state index is 0.146. The van der Waals surface area contributed by atoms with Gasteiger partial charge < -0.3 is 9.64 Å². The highest BCUT2D eigenvalue weighted by molar-refractivity contribution is 7.16. The fourth-order valence-corrected chi connectivity index (χ4v) is 4.01. The number of anilines is 1. The Labute approximate surface area is 124 Å². The predicted molar refractivity (Wildman–Crippen MR) is 82.6 cm³/mol. The van der Waals surface area contributed by atoms with Crippen LogP contribution in [0.4, 0.5) is 5.82 Å². The van der Waals surface area contributed by atoms with Crippen LogP contribution >= 0.6 is 22.7 Å². The molecule has 0 amide bonds. The Bertz CT molecular complexity index is 710. The highest BCUT2D eigenvalue weighted by Crippen LogP contribution is 2.32. The first-order valence-electron chi connectivity index (χ1n) is 6.50. The molecule has 1 unspecified atom stereocenters. The molecule has 0 aliphatic carbocycles. The number of aromatic nitrogens is 2. The Morgan fingerprint density at radius 1 is 1.20 bits per heavy atom. The lowest BCUT2D eigenvalue weighted by Gasteiger charge is -2.33. The molecular formula is C14H13N3OS2. The van der Waals surface area contributed by atoms with E-state index in [0.29, 0.717) is 0 Å². The smallest absolute Gasteiger partial charge is 0.140 e. The van der Waals surface area contributed by atoms with Gasteiger partial charge in [-0.05, 0) is 22.9 Å². The maximum atomic E-state index is 5.90. The van der Waals surface area contributed by atoms with Crippen LogP contribution in [0, 0.1) is 0 Å². The third-order valence-corrected chi connectivity index (χ3v) is 5.25. The van der Waals surface area contributed by atoms with Crippen molar-refractivity contribution in [1.29, 1.82) is 0 Å². The van der Waals surface area contributed by atoms with E-state index in [1.807, 2.05) is 0 Å². The molecule has 0 aromatic carbocycles. The summed E-state index contributed by atoms with van der Waals surface area (Å²) in [5.41, 5.74) is 0. The van der Waals surface area contributed by atoms with Crippen LogP contribution in [0.3, 0.4) is 0 Å². The van der Waals surface area contributed by atoms with Gasteiger partial charge in [0.25, 0.3) is 0 Å². The lowest BCUT2D eigenvalue weighted by atomic mass is 10.2. The highest BCUT2D eigenvalue weighted by atomic mass is 32.1. The number of hydrogen-bond acceptors (Lipinski definition) is 6. The van der Waals surface area contributed by atoms with Gasteiger partial charge in [-0.25, -0.2) is 9.97 Å². The first kappa shape index (κ1) is 12.3. The number of thiophene rings is 2. The molecule has 1 fully saturated rings. The largest absolute Gasteiger partial charge is 0.369 e. The maximum Gasteiger partial charge on any atom is 0.140 e. The van der Waals surface area contributed by atoms with Gasteiger partial charge >= 0.3 is 0 Å². The number of nitrogens with zero attached hydrogens (tertiary/aromatic N) is 3. The Hall–Kier alpha value is -1.50. The zero-order valence-corrected chi connectivity index (χ0v) is 12.4. The summed E-state index contributed by atoms with van der Waals surface area (Å²) in [6.45, 7) is 2.46. The number of fused-ring (bicyclic) bond motifs is 1. The van der Waals surface area contributed by atoms with Gasteiger partial charge in [-0.3, -0.25) is 0 Å². The average molecular weight is 303 g/mol. The Morgan fingerprint density at radius 2 is 2.20 bits per heavy atom. The fourth-order valence-electron chi connectivity index (χ4n) is 2.52. The Kier molecular flexibility index (Phi) is 3.14. The quantitative estimate of drug-likeness (QED) is 0.728. The summed E-state index contributed by atoms with van der Waals surface area (Å²) in [7, 11) is 0. The minimum absolute atomic E-state index is 0.146. The molecule has 0 bridgehead atoms. The van der Waals surface area contributed by atoms with Crippen LogP contribution in [0.2, 0.25) is 0 Å². The van der Waals surface area contributed by atoms with Gasteiger partial charge in [0, 0.05) is 11.4 Å². The minimum Gasteiger partial charge on any atom is -0.369 e. The van der Waals surface area contributed by atoms with Crippen LogP contribution in [-0.4, -0.2) is 29.7 Å². The molecule has 3 aromatic rings. The van der Waals surface area contributed by atoms with Crippen molar-refractivity contribution in [3.05, 3.63) is 40.2 Å². The van der Waals surface area contributed by atoms with Crippen LogP contribution in [0.1, 0.15) is 11.0 Å². The Morgan fingerprint density at radius 3 is 3.10 bits per heavy atom. The maximum absolute atomic E-state index is 5.90. The van der Waals surface area contributed by atoms with Crippen molar-refractivity contribution in [2.24, 2.45) is 0 Å².